The number of halogens is 1. The van der Waals surface area contributed by atoms with Gasteiger partial charge in [0.2, 0.25) is 5.91 Å². The minimum Gasteiger partial charge on any atom is -0.508 e. The molecular weight excluding hydrogens is 425 g/mol. The van der Waals surface area contributed by atoms with Crippen LogP contribution in [0.1, 0.15) is 55.7 Å². The normalized spacial score (nSPS) is 36.7. The van der Waals surface area contributed by atoms with E-state index in [1.165, 1.54) is 30.2 Å². The number of nitrogens with zero attached hydrogens (tertiary/aromatic N) is 1. The van der Waals surface area contributed by atoms with Crippen LogP contribution in [0, 0.1) is 23.6 Å². The molecule has 2 aromatic carbocycles. The highest BCUT2D eigenvalue weighted by Gasteiger charge is 2.60. The summed E-state index contributed by atoms with van der Waals surface area (Å²) < 4.78 is 15.3. The lowest BCUT2D eigenvalue weighted by molar-refractivity contribution is -0.137. The fourth-order valence-electron chi connectivity index (χ4n) is 7.79. The van der Waals surface area contributed by atoms with Crippen LogP contribution in [-0.4, -0.2) is 26.4 Å². The van der Waals surface area contributed by atoms with Gasteiger partial charge in [-0.25, -0.2) is 4.39 Å². The molecule has 4 aliphatic carbocycles. The topological polar surface area (TPSA) is 57.6 Å². The summed E-state index contributed by atoms with van der Waals surface area (Å²) in [6.07, 6.45) is 7.40. The first-order valence-corrected chi connectivity index (χ1v) is 12.5. The van der Waals surface area contributed by atoms with E-state index in [0.29, 0.717) is 16.9 Å². The van der Waals surface area contributed by atoms with Crippen molar-refractivity contribution in [1.82, 2.24) is 4.90 Å². The van der Waals surface area contributed by atoms with Gasteiger partial charge in [0.15, 0.2) is 0 Å². The summed E-state index contributed by atoms with van der Waals surface area (Å²) in [6.45, 7) is 0. The lowest BCUT2D eigenvalue weighted by Gasteiger charge is -2.57. The van der Waals surface area contributed by atoms with E-state index >= 15 is 4.39 Å². The summed E-state index contributed by atoms with van der Waals surface area (Å²) in [7, 11) is 0. The monoisotopic (exact) mass is 449 g/mol. The summed E-state index contributed by atoms with van der Waals surface area (Å²) >= 11 is 1.03. The van der Waals surface area contributed by atoms with Gasteiger partial charge in [0.1, 0.15) is 16.8 Å². The summed E-state index contributed by atoms with van der Waals surface area (Å²) in [5.41, 5.74) is 2.95. The third kappa shape index (κ3) is 2.50. The number of thioether (sulfide) groups is 1. The zero-order valence-electron chi connectivity index (χ0n) is 17.6. The molecule has 0 aromatic heterocycles. The molecule has 3 aliphatic heterocycles. The maximum Gasteiger partial charge on any atom is 0.289 e. The second-order valence-corrected chi connectivity index (χ2v) is 11.7. The van der Waals surface area contributed by atoms with Gasteiger partial charge in [-0.3, -0.25) is 14.5 Å². The zero-order chi connectivity index (χ0) is 21.8. The van der Waals surface area contributed by atoms with Crippen molar-refractivity contribution in [3.8, 4) is 16.9 Å². The van der Waals surface area contributed by atoms with Gasteiger partial charge in [0.25, 0.3) is 5.24 Å². The van der Waals surface area contributed by atoms with Crippen LogP contribution in [0.4, 0.5) is 9.18 Å². The Bertz CT molecular complexity index is 1150. The first-order valence-electron chi connectivity index (χ1n) is 11.6. The van der Waals surface area contributed by atoms with Gasteiger partial charge in [-0.15, -0.1) is 0 Å². The van der Waals surface area contributed by atoms with Crippen LogP contribution in [0.15, 0.2) is 36.4 Å². The van der Waals surface area contributed by atoms with Gasteiger partial charge in [-0.05, 0) is 103 Å². The van der Waals surface area contributed by atoms with E-state index in [4.69, 9.17) is 0 Å². The highest BCUT2D eigenvalue weighted by atomic mass is 32.2. The van der Waals surface area contributed by atoms with E-state index < -0.39 is 5.25 Å². The van der Waals surface area contributed by atoms with Crippen LogP contribution in [0.3, 0.4) is 0 Å². The van der Waals surface area contributed by atoms with Crippen molar-refractivity contribution >= 4 is 22.9 Å². The average molecular weight is 450 g/mol. The quantitative estimate of drug-likeness (QED) is 0.603. The number of imide groups is 1. The molecule has 4 nitrogen and oxygen atoms in total. The molecule has 7 aliphatic rings. The van der Waals surface area contributed by atoms with Crippen molar-refractivity contribution in [2.24, 2.45) is 17.8 Å². The number of fused-ring (bicyclic) bond motifs is 1. The molecule has 3 heterocycles. The minimum atomic E-state index is -0.413. The average Bonchev–Trinajstić information content (AvgIpc) is 3.25. The molecule has 2 atom stereocenters. The van der Waals surface area contributed by atoms with E-state index in [2.05, 4.69) is 0 Å². The van der Waals surface area contributed by atoms with Crippen LogP contribution < -0.4 is 0 Å². The lowest BCUT2D eigenvalue weighted by Crippen LogP contribution is -2.50. The molecule has 0 spiro atoms. The Hall–Kier alpha value is -2.34. The van der Waals surface area contributed by atoms with Gasteiger partial charge < -0.3 is 5.11 Å². The first kappa shape index (κ1) is 19.2. The molecule has 2 unspecified atom stereocenters. The molecule has 6 bridgehead atoms. The van der Waals surface area contributed by atoms with E-state index in [0.717, 1.165) is 59.9 Å². The Morgan fingerprint density at radius 2 is 1.66 bits per heavy atom. The molecule has 164 valence electrons. The maximum atomic E-state index is 15.3. The number of phenols is 1. The number of carbonyl (C=O) groups excluding carboxylic acids is 2. The van der Waals surface area contributed by atoms with E-state index in [1.54, 1.807) is 18.2 Å². The number of benzene rings is 2. The third-order valence-corrected chi connectivity index (χ3v) is 9.83. The Morgan fingerprint density at radius 1 is 0.969 bits per heavy atom. The Morgan fingerprint density at radius 3 is 2.22 bits per heavy atom. The van der Waals surface area contributed by atoms with Crippen LogP contribution in [0.5, 0.6) is 5.75 Å². The molecule has 2 aromatic rings. The fourth-order valence-corrected chi connectivity index (χ4v) is 8.94. The predicted molar refractivity (Wildman–Crippen MR) is 120 cm³/mol. The minimum absolute atomic E-state index is 0.0294. The number of aromatic hydroxyl groups is 1. The Labute approximate surface area is 190 Å². The van der Waals surface area contributed by atoms with Crippen LogP contribution in [0.2, 0.25) is 0 Å². The van der Waals surface area contributed by atoms with Gasteiger partial charge in [-0.2, -0.15) is 0 Å². The molecule has 4 saturated carbocycles. The number of hydrogen-bond acceptors (Lipinski definition) is 4. The fraction of sp³-hybridized carbons (Fsp3) is 0.462. The summed E-state index contributed by atoms with van der Waals surface area (Å²) in [4.78, 5) is 25.0. The summed E-state index contributed by atoms with van der Waals surface area (Å²) in [6, 6.07) is 10.2. The van der Waals surface area contributed by atoms with Crippen molar-refractivity contribution in [2.75, 3.05) is 0 Å². The molecule has 3 saturated heterocycles. The van der Waals surface area contributed by atoms with E-state index in [-0.39, 0.29) is 28.4 Å². The second kappa shape index (κ2) is 6.37. The molecule has 9 rings (SSSR count). The van der Waals surface area contributed by atoms with Gasteiger partial charge in [-0.1, -0.05) is 18.2 Å². The summed E-state index contributed by atoms with van der Waals surface area (Å²) in [5.74, 6) is 2.08. The van der Waals surface area contributed by atoms with Crippen molar-refractivity contribution in [2.45, 2.75) is 55.2 Å². The standard InChI is InChI=1S/C26H24FNO3S/c27-20-9-17(22-23-24(30)28(22)25(31)32-23)1-3-18(20)16-2-4-21(29)19(8-16)26-10-13-5-14(11-26)7-15(6-13)12-26/h1-4,8-9,13-15,22-23,29H,5-7,10-12H2. The first-order chi connectivity index (χ1) is 15.4. The number of hydrogen-bond donors (Lipinski definition) is 1. The smallest absolute Gasteiger partial charge is 0.289 e. The van der Waals surface area contributed by atoms with Crippen molar-refractivity contribution in [3.63, 3.8) is 0 Å². The van der Waals surface area contributed by atoms with Gasteiger partial charge in [0, 0.05) is 11.1 Å². The van der Waals surface area contributed by atoms with E-state index in [1.807, 2.05) is 12.1 Å². The number of phenolic OH excluding ortho intramolecular Hbond substituents is 1. The Kier molecular flexibility index (Phi) is 3.82. The SMILES string of the molecule is O=C1SC2C(=O)N1C2c1ccc(-c2ccc(O)c(C34CC5CC(CC(C5)C3)C4)c2)c(F)c1. The van der Waals surface area contributed by atoms with Crippen molar-refractivity contribution < 1.29 is 19.1 Å². The number of rotatable bonds is 3. The molecule has 1 N–H and O–H groups in total. The summed E-state index contributed by atoms with van der Waals surface area (Å²) in [5, 5.41) is 10.2. The number of carbonyl (C=O) groups is 2. The molecular formula is C26H24FNO3S. The second-order valence-electron chi connectivity index (χ2n) is 10.6. The van der Waals surface area contributed by atoms with Crippen LogP contribution in [0.25, 0.3) is 11.1 Å². The molecule has 7 fully saturated rings. The number of β-lactam (4-membered cyclic amide) rings is 1. The Balaban J connectivity index is 1.24. The molecule has 0 radical (unpaired) electrons. The molecule has 2 amide bonds. The van der Waals surface area contributed by atoms with Gasteiger partial charge >= 0.3 is 0 Å². The van der Waals surface area contributed by atoms with E-state index in [9.17, 15) is 14.7 Å². The number of amides is 2. The zero-order valence-corrected chi connectivity index (χ0v) is 18.4. The largest absolute Gasteiger partial charge is 0.508 e. The van der Waals surface area contributed by atoms with Crippen LogP contribution in [-0.2, 0) is 10.2 Å². The lowest BCUT2D eigenvalue weighted by atomic mass is 9.48. The predicted octanol–water partition coefficient (Wildman–Crippen LogP) is 5.78. The third-order valence-electron chi connectivity index (χ3n) is 8.72. The van der Waals surface area contributed by atoms with Gasteiger partial charge in [0.05, 0.1) is 6.04 Å². The van der Waals surface area contributed by atoms with Crippen molar-refractivity contribution in [1.29, 1.82) is 0 Å². The molecule has 32 heavy (non-hydrogen) atoms. The maximum absolute atomic E-state index is 15.3. The highest BCUT2D eigenvalue weighted by Crippen LogP contribution is 2.62. The van der Waals surface area contributed by atoms with Crippen LogP contribution >= 0.6 is 11.8 Å². The highest BCUT2D eigenvalue weighted by molar-refractivity contribution is 8.15. The van der Waals surface area contributed by atoms with Crippen molar-refractivity contribution in [3.05, 3.63) is 53.3 Å². The molecule has 6 heteroatoms.